The number of aryl methyl sites for hydroxylation is 1. The van der Waals surface area contributed by atoms with E-state index in [4.69, 9.17) is 14.7 Å². The first-order valence-corrected chi connectivity index (χ1v) is 13.0. The van der Waals surface area contributed by atoms with Gasteiger partial charge in [-0.3, -0.25) is 9.69 Å². The maximum atomic E-state index is 13.7. The van der Waals surface area contributed by atoms with Crippen molar-refractivity contribution in [1.29, 1.82) is 0 Å². The second kappa shape index (κ2) is 8.14. The number of anilines is 1. The topological polar surface area (TPSA) is 54.8 Å². The number of carbonyl (C=O) groups excluding carboxylic acids is 1. The van der Waals surface area contributed by atoms with Crippen molar-refractivity contribution in [2.75, 3.05) is 11.5 Å². The number of hydrogen-bond donors (Lipinski definition) is 0. The summed E-state index contributed by atoms with van der Waals surface area (Å²) in [5.41, 5.74) is 7.93. The first-order valence-electron chi connectivity index (χ1n) is 12.2. The van der Waals surface area contributed by atoms with Gasteiger partial charge in [-0.05, 0) is 94.3 Å². The molecule has 0 unspecified atom stereocenters. The van der Waals surface area contributed by atoms with Crippen molar-refractivity contribution >= 4 is 50.1 Å². The van der Waals surface area contributed by atoms with Crippen molar-refractivity contribution in [3.63, 3.8) is 0 Å². The van der Waals surface area contributed by atoms with Gasteiger partial charge in [-0.2, -0.15) is 0 Å². The van der Waals surface area contributed by atoms with Crippen LogP contribution in [0.4, 0.5) is 11.4 Å². The molecule has 2 aliphatic rings. The lowest BCUT2D eigenvalue weighted by molar-refractivity contribution is -0.112. The Morgan fingerprint density at radius 3 is 2.53 bits per heavy atom. The van der Waals surface area contributed by atoms with Gasteiger partial charge in [0.05, 0.1) is 33.7 Å². The molecule has 2 aliphatic heterocycles. The number of thiazole rings is 1. The van der Waals surface area contributed by atoms with E-state index in [9.17, 15) is 4.79 Å². The smallest absolute Gasteiger partial charge is 0.278 e. The minimum atomic E-state index is -0.442. The molecule has 180 valence electrons. The number of aromatic nitrogens is 1. The fourth-order valence-electron chi connectivity index (χ4n) is 5.20. The monoisotopic (exact) mass is 493 g/mol. The molecule has 0 aliphatic carbocycles. The van der Waals surface area contributed by atoms with Crippen molar-refractivity contribution in [3.8, 4) is 16.3 Å². The number of benzene rings is 3. The molecule has 1 amide bonds. The van der Waals surface area contributed by atoms with E-state index < -0.39 is 5.54 Å². The molecular formula is C30H27N3O2S. The summed E-state index contributed by atoms with van der Waals surface area (Å²) in [5, 5.41) is 0.975. The molecule has 0 N–H and O–H groups in total. The molecule has 6 rings (SSSR count). The summed E-state index contributed by atoms with van der Waals surface area (Å²) in [4.78, 5) is 25.2. The first-order chi connectivity index (χ1) is 17.2. The predicted molar refractivity (Wildman–Crippen MR) is 149 cm³/mol. The van der Waals surface area contributed by atoms with E-state index in [1.54, 1.807) is 11.3 Å². The minimum absolute atomic E-state index is 0.0840. The lowest BCUT2D eigenvalue weighted by atomic mass is 9.89. The number of allylic oxidation sites excluding steroid dienone is 1. The van der Waals surface area contributed by atoms with Gasteiger partial charge in [0.2, 0.25) is 0 Å². The Labute approximate surface area is 214 Å². The highest BCUT2D eigenvalue weighted by molar-refractivity contribution is 7.21. The maximum Gasteiger partial charge on any atom is 0.278 e. The van der Waals surface area contributed by atoms with Crippen molar-refractivity contribution in [1.82, 2.24) is 4.98 Å². The van der Waals surface area contributed by atoms with E-state index in [1.165, 1.54) is 10.3 Å². The quantitative estimate of drug-likeness (QED) is 0.299. The summed E-state index contributed by atoms with van der Waals surface area (Å²) in [6.07, 6.45) is 2.14. The third-order valence-electron chi connectivity index (χ3n) is 6.75. The molecule has 0 bridgehead atoms. The normalized spacial score (nSPS) is 17.0. The third kappa shape index (κ3) is 3.56. The van der Waals surface area contributed by atoms with Gasteiger partial charge in [-0.1, -0.05) is 12.1 Å². The zero-order valence-electron chi connectivity index (χ0n) is 21.0. The van der Waals surface area contributed by atoms with E-state index in [2.05, 4.69) is 52.0 Å². The highest BCUT2D eigenvalue weighted by Crippen LogP contribution is 2.47. The van der Waals surface area contributed by atoms with Crippen LogP contribution in [0.2, 0.25) is 0 Å². The minimum Gasteiger partial charge on any atom is -0.494 e. The summed E-state index contributed by atoms with van der Waals surface area (Å²) in [5.74, 6) is 0.668. The standard InChI is InChI=1S/C30H27N3O2S/c1-6-35-21-14-22-18(3)16-30(4,5)33-27(22)23(15-21)26(29(33)34)31-20-10-8-19(9-11-20)28-32-24-12-7-17(2)13-25(24)36-28/h7-16H,6H2,1-5H3. The highest BCUT2D eigenvalue weighted by Gasteiger charge is 2.45. The van der Waals surface area contributed by atoms with E-state index in [0.717, 1.165) is 49.9 Å². The molecule has 3 heterocycles. The molecule has 1 aromatic heterocycles. The lowest BCUT2D eigenvalue weighted by Gasteiger charge is -2.38. The van der Waals surface area contributed by atoms with Crippen LogP contribution in [0.1, 0.15) is 44.4 Å². The molecule has 0 saturated carbocycles. The Kier molecular flexibility index (Phi) is 5.12. The molecule has 0 atom stereocenters. The van der Waals surface area contributed by atoms with Crippen molar-refractivity contribution in [2.24, 2.45) is 4.99 Å². The number of rotatable bonds is 4. The predicted octanol–water partition coefficient (Wildman–Crippen LogP) is 7.33. The molecule has 0 saturated heterocycles. The van der Waals surface area contributed by atoms with Crippen LogP contribution in [0.15, 0.2) is 65.7 Å². The molecule has 5 nitrogen and oxygen atoms in total. The zero-order valence-corrected chi connectivity index (χ0v) is 21.9. The Balaban J connectivity index is 1.42. The third-order valence-corrected chi connectivity index (χ3v) is 7.82. The summed E-state index contributed by atoms with van der Waals surface area (Å²) in [7, 11) is 0. The fraction of sp³-hybridized carbons (Fsp3) is 0.233. The molecule has 3 aromatic carbocycles. The van der Waals surface area contributed by atoms with E-state index >= 15 is 0 Å². The van der Waals surface area contributed by atoms with Gasteiger partial charge >= 0.3 is 0 Å². The van der Waals surface area contributed by atoms with Crippen LogP contribution in [0.5, 0.6) is 5.75 Å². The number of ether oxygens (including phenoxy) is 1. The second-order valence-corrected chi connectivity index (χ2v) is 10.9. The number of nitrogens with zero attached hydrogens (tertiary/aromatic N) is 3. The summed E-state index contributed by atoms with van der Waals surface area (Å²) in [6.45, 7) is 10.8. The van der Waals surface area contributed by atoms with Crippen molar-refractivity contribution < 1.29 is 9.53 Å². The number of amides is 1. The zero-order chi connectivity index (χ0) is 25.2. The number of hydrogen-bond acceptors (Lipinski definition) is 5. The lowest BCUT2D eigenvalue weighted by Crippen LogP contribution is -2.47. The van der Waals surface area contributed by atoms with Crippen molar-refractivity contribution in [2.45, 2.75) is 40.2 Å². The van der Waals surface area contributed by atoms with Crippen LogP contribution < -0.4 is 9.64 Å². The van der Waals surface area contributed by atoms with Gasteiger partial charge in [0.15, 0.2) is 0 Å². The van der Waals surface area contributed by atoms with E-state index in [0.29, 0.717) is 12.3 Å². The molecule has 6 heteroatoms. The second-order valence-electron chi connectivity index (χ2n) is 9.92. The van der Waals surface area contributed by atoms with Crippen LogP contribution in [0.25, 0.3) is 26.4 Å². The average molecular weight is 494 g/mol. The van der Waals surface area contributed by atoms with E-state index in [-0.39, 0.29) is 5.91 Å². The molecule has 36 heavy (non-hydrogen) atoms. The maximum absolute atomic E-state index is 13.7. The summed E-state index contributed by atoms with van der Waals surface area (Å²) in [6, 6.07) is 18.3. The van der Waals surface area contributed by atoms with Crippen molar-refractivity contribution in [3.05, 3.63) is 77.4 Å². The summed E-state index contributed by atoms with van der Waals surface area (Å²) < 4.78 is 7.03. The molecule has 4 aromatic rings. The molecule has 0 fully saturated rings. The molecule has 0 radical (unpaired) electrons. The van der Waals surface area contributed by atoms with Crippen LogP contribution in [0.3, 0.4) is 0 Å². The van der Waals surface area contributed by atoms with Gasteiger partial charge < -0.3 is 4.74 Å². The summed E-state index contributed by atoms with van der Waals surface area (Å²) >= 11 is 1.68. The van der Waals surface area contributed by atoms with E-state index in [1.807, 2.05) is 48.2 Å². The largest absolute Gasteiger partial charge is 0.494 e. The number of carbonyl (C=O) groups is 1. The van der Waals surface area contributed by atoms with Crippen LogP contribution >= 0.6 is 11.3 Å². The average Bonchev–Trinajstić information content (AvgIpc) is 3.37. The van der Waals surface area contributed by atoms with Gasteiger partial charge in [0.25, 0.3) is 5.91 Å². The molecule has 0 spiro atoms. The Hall–Kier alpha value is -3.77. The SMILES string of the molecule is CCOc1cc2c3c(c1)C(=Nc1ccc(-c4nc5ccc(C)cc5s4)cc1)C(=O)N3C(C)(C)C=C2C. The highest BCUT2D eigenvalue weighted by atomic mass is 32.1. The Bertz CT molecular complexity index is 1610. The van der Waals surface area contributed by atoms with Gasteiger partial charge in [-0.15, -0.1) is 11.3 Å². The van der Waals surface area contributed by atoms with Crippen LogP contribution in [0, 0.1) is 6.92 Å². The number of fused-ring (bicyclic) bond motifs is 1. The Morgan fingerprint density at radius 2 is 1.78 bits per heavy atom. The van der Waals surface area contributed by atoms with Gasteiger partial charge in [-0.25, -0.2) is 9.98 Å². The molecular weight excluding hydrogens is 466 g/mol. The number of aliphatic imine (C=N–C) groups is 1. The van der Waals surface area contributed by atoms with Gasteiger partial charge in [0.1, 0.15) is 16.5 Å². The Morgan fingerprint density at radius 1 is 1.03 bits per heavy atom. The van der Waals surface area contributed by atoms with Crippen LogP contribution in [-0.2, 0) is 4.79 Å². The first kappa shape index (κ1) is 22.7. The van der Waals surface area contributed by atoms with Crippen LogP contribution in [-0.4, -0.2) is 28.7 Å². The van der Waals surface area contributed by atoms with Gasteiger partial charge in [0, 0.05) is 16.7 Å². The fourth-order valence-corrected chi connectivity index (χ4v) is 6.26.